The van der Waals surface area contributed by atoms with E-state index in [4.69, 9.17) is 15.1 Å². The summed E-state index contributed by atoms with van der Waals surface area (Å²) in [5.41, 5.74) is 0.411. The second-order valence-corrected chi connectivity index (χ2v) is 3.21. The van der Waals surface area contributed by atoms with E-state index in [-0.39, 0.29) is 11.6 Å². The van der Waals surface area contributed by atoms with Gasteiger partial charge >= 0.3 is 0 Å². The summed E-state index contributed by atoms with van der Waals surface area (Å²) in [4.78, 5) is 3.87. The molecule has 5 heteroatoms. The van der Waals surface area contributed by atoms with Crippen LogP contribution < -0.4 is 4.74 Å². The van der Waals surface area contributed by atoms with Gasteiger partial charge in [0, 0.05) is 18.3 Å². The zero-order valence-corrected chi connectivity index (χ0v) is 8.59. The summed E-state index contributed by atoms with van der Waals surface area (Å²) < 4.78 is 18.2. The van der Waals surface area contributed by atoms with E-state index in [0.717, 1.165) is 6.07 Å². The van der Waals surface area contributed by atoms with E-state index < -0.39 is 11.6 Å². The molecule has 0 amide bonds. The molecule has 0 spiro atoms. The van der Waals surface area contributed by atoms with Crippen molar-refractivity contribution in [3.63, 3.8) is 0 Å². The summed E-state index contributed by atoms with van der Waals surface area (Å²) in [6.07, 6.45) is 1.35. The molecule has 1 aromatic carbocycles. The molecule has 17 heavy (non-hydrogen) atoms. The lowest BCUT2D eigenvalue weighted by Gasteiger charge is -2.04. The Balaban J connectivity index is 2.20. The first kappa shape index (κ1) is 10.9. The van der Waals surface area contributed by atoms with Crippen molar-refractivity contribution in [2.75, 3.05) is 0 Å². The summed E-state index contributed by atoms with van der Waals surface area (Å²) in [6.45, 7) is 0. The Kier molecular flexibility index (Phi) is 2.88. The van der Waals surface area contributed by atoms with E-state index in [1.807, 2.05) is 6.07 Å². The molecule has 0 unspecified atom stereocenters. The minimum atomic E-state index is -0.767. The monoisotopic (exact) mass is 230 g/mol. The van der Waals surface area contributed by atoms with E-state index >= 15 is 0 Å². The molecule has 0 bridgehead atoms. The lowest BCUT2D eigenvalue weighted by molar-refractivity contribution is 0.420. The number of hydrogen-bond donors (Lipinski definition) is 1. The van der Waals surface area contributed by atoms with Crippen molar-refractivity contribution in [3.05, 3.63) is 47.9 Å². The molecule has 4 nitrogen and oxygen atoms in total. The van der Waals surface area contributed by atoms with Crippen LogP contribution in [0.4, 0.5) is 4.39 Å². The molecule has 0 atom stereocenters. The Morgan fingerprint density at radius 1 is 1.29 bits per heavy atom. The average Bonchev–Trinajstić information content (AvgIpc) is 2.35. The van der Waals surface area contributed by atoms with Crippen molar-refractivity contribution >= 4 is 0 Å². The standard InChI is InChI=1S/C12H7FN2O2/c13-10-5-9(2-3-11(10)16)17-12-4-1-8(6-14)7-15-12/h1-5,7,16H. The Labute approximate surface area is 96.5 Å². The predicted octanol–water partition coefficient (Wildman–Crippen LogP) is 2.59. The number of hydrogen-bond acceptors (Lipinski definition) is 4. The topological polar surface area (TPSA) is 66.1 Å². The minimum Gasteiger partial charge on any atom is -0.505 e. The van der Waals surface area contributed by atoms with E-state index in [2.05, 4.69) is 4.98 Å². The Morgan fingerprint density at radius 2 is 2.12 bits per heavy atom. The van der Waals surface area contributed by atoms with Gasteiger partial charge in [0.2, 0.25) is 5.88 Å². The van der Waals surface area contributed by atoms with E-state index in [1.54, 1.807) is 6.07 Å². The molecular formula is C12H7FN2O2. The molecule has 1 aromatic heterocycles. The molecule has 1 N–H and O–H groups in total. The van der Waals surface area contributed by atoms with Crippen LogP contribution in [0.1, 0.15) is 5.56 Å². The molecule has 2 rings (SSSR count). The van der Waals surface area contributed by atoms with Gasteiger partial charge in [-0.25, -0.2) is 9.37 Å². The largest absolute Gasteiger partial charge is 0.505 e. The highest BCUT2D eigenvalue weighted by Gasteiger charge is 2.04. The predicted molar refractivity (Wildman–Crippen MR) is 57.1 cm³/mol. The molecule has 2 aromatic rings. The van der Waals surface area contributed by atoms with Crippen LogP contribution in [0.3, 0.4) is 0 Å². The van der Waals surface area contributed by atoms with Crippen LogP contribution in [0.2, 0.25) is 0 Å². The van der Waals surface area contributed by atoms with Gasteiger partial charge in [0.15, 0.2) is 11.6 Å². The maximum absolute atomic E-state index is 13.0. The molecule has 0 radical (unpaired) electrons. The van der Waals surface area contributed by atoms with E-state index in [9.17, 15) is 4.39 Å². The van der Waals surface area contributed by atoms with Crippen LogP contribution in [-0.2, 0) is 0 Å². The van der Waals surface area contributed by atoms with Gasteiger partial charge in [-0.3, -0.25) is 0 Å². The first-order valence-electron chi connectivity index (χ1n) is 4.71. The van der Waals surface area contributed by atoms with Crippen molar-refractivity contribution in [2.45, 2.75) is 0 Å². The zero-order valence-electron chi connectivity index (χ0n) is 8.59. The van der Waals surface area contributed by atoms with Crippen molar-refractivity contribution in [2.24, 2.45) is 0 Å². The number of nitriles is 1. The molecule has 84 valence electrons. The smallest absolute Gasteiger partial charge is 0.219 e. The average molecular weight is 230 g/mol. The Hall–Kier alpha value is -2.61. The van der Waals surface area contributed by atoms with Gasteiger partial charge in [-0.05, 0) is 18.2 Å². The highest BCUT2D eigenvalue weighted by Crippen LogP contribution is 2.24. The van der Waals surface area contributed by atoms with Gasteiger partial charge in [-0.1, -0.05) is 0 Å². The van der Waals surface area contributed by atoms with Crippen molar-refractivity contribution < 1.29 is 14.2 Å². The Bertz CT molecular complexity index is 576. The van der Waals surface area contributed by atoms with Crippen LogP contribution in [-0.4, -0.2) is 10.1 Å². The number of benzene rings is 1. The molecule has 0 saturated heterocycles. The highest BCUT2D eigenvalue weighted by molar-refractivity contribution is 5.35. The molecule has 0 aliphatic carbocycles. The number of rotatable bonds is 2. The van der Waals surface area contributed by atoms with E-state index in [0.29, 0.717) is 5.56 Å². The fraction of sp³-hybridized carbons (Fsp3) is 0. The number of phenolic OH excluding ortho intramolecular Hbond substituents is 1. The number of aromatic hydroxyl groups is 1. The fourth-order valence-corrected chi connectivity index (χ4v) is 1.18. The number of aromatic nitrogens is 1. The molecular weight excluding hydrogens is 223 g/mol. The third kappa shape index (κ3) is 2.49. The molecule has 0 saturated carbocycles. The minimum absolute atomic E-state index is 0.220. The summed E-state index contributed by atoms with van der Waals surface area (Å²) >= 11 is 0. The lowest BCUT2D eigenvalue weighted by atomic mass is 10.3. The van der Waals surface area contributed by atoms with Crippen LogP contribution >= 0.6 is 0 Å². The van der Waals surface area contributed by atoms with Gasteiger partial charge in [-0.15, -0.1) is 0 Å². The quantitative estimate of drug-likeness (QED) is 0.861. The number of ether oxygens (including phenoxy) is 1. The second kappa shape index (κ2) is 4.49. The van der Waals surface area contributed by atoms with Crippen molar-refractivity contribution in [3.8, 4) is 23.4 Å². The number of nitrogens with zero attached hydrogens (tertiary/aromatic N) is 2. The number of phenols is 1. The van der Waals surface area contributed by atoms with Crippen LogP contribution in [0.25, 0.3) is 0 Å². The number of pyridine rings is 1. The third-order valence-corrected chi connectivity index (χ3v) is 2.01. The maximum atomic E-state index is 13.0. The summed E-state index contributed by atoms with van der Waals surface area (Å²) in [6, 6.07) is 8.62. The molecule has 0 aliphatic rings. The first-order valence-corrected chi connectivity index (χ1v) is 4.71. The van der Waals surface area contributed by atoms with Crippen molar-refractivity contribution in [1.29, 1.82) is 5.26 Å². The number of halogens is 1. The van der Waals surface area contributed by atoms with Crippen LogP contribution in [0.5, 0.6) is 17.4 Å². The van der Waals surface area contributed by atoms with Crippen molar-refractivity contribution in [1.82, 2.24) is 4.98 Å². The summed E-state index contributed by atoms with van der Waals surface area (Å²) in [5, 5.41) is 17.6. The molecule has 1 heterocycles. The Morgan fingerprint density at radius 3 is 2.71 bits per heavy atom. The van der Waals surface area contributed by atoms with Gasteiger partial charge in [-0.2, -0.15) is 5.26 Å². The highest BCUT2D eigenvalue weighted by atomic mass is 19.1. The fourth-order valence-electron chi connectivity index (χ4n) is 1.18. The van der Waals surface area contributed by atoms with Gasteiger partial charge in [0.05, 0.1) is 5.56 Å². The molecule has 0 aliphatic heterocycles. The summed E-state index contributed by atoms with van der Waals surface area (Å²) in [7, 11) is 0. The molecule has 0 fully saturated rings. The van der Waals surface area contributed by atoms with Gasteiger partial charge in [0.1, 0.15) is 11.8 Å². The van der Waals surface area contributed by atoms with Crippen LogP contribution in [0.15, 0.2) is 36.5 Å². The second-order valence-electron chi connectivity index (χ2n) is 3.21. The normalized spacial score (nSPS) is 9.65. The van der Waals surface area contributed by atoms with E-state index in [1.165, 1.54) is 24.4 Å². The van der Waals surface area contributed by atoms with Gasteiger partial charge in [0.25, 0.3) is 0 Å². The zero-order chi connectivity index (χ0) is 12.3. The van der Waals surface area contributed by atoms with Gasteiger partial charge < -0.3 is 9.84 Å². The first-order chi connectivity index (χ1) is 8.19. The maximum Gasteiger partial charge on any atom is 0.219 e. The lowest BCUT2D eigenvalue weighted by Crippen LogP contribution is -1.89. The third-order valence-electron chi connectivity index (χ3n) is 2.01. The SMILES string of the molecule is N#Cc1ccc(Oc2ccc(O)c(F)c2)nc1. The van der Waals surface area contributed by atoms with Crippen LogP contribution in [0, 0.1) is 17.1 Å². The summed E-state index contributed by atoms with van der Waals surface area (Å²) in [5.74, 6) is -0.743.